The van der Waals surface area contributed by atoms with Crippen molar-refractivity contribution in [2.24, 2.45) is 11.3 Å². The summed E-state index contributed by atoms with van der Waals surface area (Å²) < 4.78 is 1.28. The van der Waals surface area contributed by atoms with Gasteiger partial charge in [-0.05, 0) is 58.0 Å². The van der Waals surface area contributed by atoms with Crippen molar-refractivity contribution in [1.82, 2.24) is 0 Å². The lowest BCUT2D eigenvalue weighted by atomic mass is 9.75. The van der Waals surface area contributed by atoms with Gasteiger partial charge >= 0.3 is 0 Å². The molecule has 0 amide bonds. The molecule has 0 aliphatic heterocycles. The van der Waals surface area contributed by atoms with E-state index in [1.54, 1.807) is 0 Å². The molecular formula is C13H17Br3S. The molecule has 0 saturated heterocycles. The molecule has 0 spiro atoms. The van der Waals surface area contributed by atoms with E-state index in [1.807, 2.05) is 11.3 Å². The average molecular weight is 445 g/mol. The summed E-state index contributed by atoms with van der Waals surface area (Å²) in [5.41, 5.74) is 0.393. The van der Waals surface area contributed by atoms with Gasteiger partial charge in [0.05, 0.1) is 0 Å². The van der Waals surface area contributed by atoms with Crippen molar-refractivity contribution < 1.29 is 0 Å². The van der Waals surface area contributed by atoms with Crippen LogP contribution < -0.4 is 0 Å². The lowest BCUT2D eigenvalue weighted by molar-refractivity contribution is 0.234. The topological polar surface area (TPSA) is 0 Å². The Kier molecular flexibility index (Phi) is 5.59. The third-order valence-electron chi connectivity index (χ3n) is 3.96. The van der Waals surface area contributed by atoms with Crippen molar-refractivity contribution in [3.8, 4) is 0 Å². The number of alkyl halides is 2. The molecule has 1 aliphatic rings. The maximum absolute atomic E-state index is 3.77. The Morgan fingerprint density at radius 2 is 1.88 bits per heavy atom. The van der Waals surface area contributed by atoms with Gasteiger partial charge in [0.15, 0.2) is 0 Å². The van der Waals surface area contributed by atoms with E-state index in [0.29, 0.717) is 5.41 Å². The summed E-state index contributed by atoms with van der Waals surface area (Å²) in [5, 5.41) is 4.38. The van der Waals surface area contributed by atoms with E-state index in [2.05, 4.69) is 59.2 Å². The maximum atomic E-state index is 3.77. The summed E-state index contributed by atoms with van der Waals surface area (Å²) in [4.78, 5) is 1.50. The van der Waals surface area contributed by atoms with E-state index < -0.39 is 0 Å². The molecule has 0 N–H and O–H groups in total. The minimum absolute atomic E-state index is 0.393. The molecule has 1 heterocycles. The quantitative estimate of drug-likeness (QED) is 0.487. The highest BCUT2D eigenvalue weighted by molar-refractivity contribution is 9.10. The number of hydrogen-bond donors (Lipinski definition) is 0. The molecular weight excluding hydrogens is 428 g/mol. The summed E-state index contributed by atoms with van der Waals surface area (Å²) in [7, 11) is 0. The van der Waals surface area contributed by atoms with Crippen LogP contribution in [0.1, 0.15) is 30.6 Å². The molecule has 4 heteroatoms. The minimum Gasteiger partial charge on any atom is -0.148 e. The molecule has 0 atom stereocenters. The highest BCUT2D eigenvalue weighted by atomic mass is 79.9. The van der Waals surface area contributed by atoms with Crippen LogP contribution in [-0.4, -0.2) is 10.7 Å². The molecule has 96 valence electrons. The predicted molar refractivity (Wildman–Crippen MR) is 87.7 cm³/mol. The molecule has 1 fully saturated rings. The third-order valence-corrected chi connectivity index (χ3v) is 8.12. The molecule has 17 heavy (non-hydrogen) atoms. The van der Waals surface area contributed by atoms with Gasteiger partial charge in [0.1, 0.15) is 0 Å². The molecule has 0 radical (unpaired) electrons. The van der Waals surface area contributed by atoms with Gasteiger partial charge in [0, 0.05) is 20.0 Å². The van der Waals surface area contributed by atoms with Crippen LogP contribution in [0, 0.1) is 11.3 Å². The van der Waals surface area contributed by atoms with Crippen LogP contribution in [0.25, 0.3) is 0 Å². The second-order valence-corrected chi connectivity index (χ2v) is 7.96. The Labute approximate surface area is 133 Å². The number of thiophene rings is 1. The Hall–Kier alpha value is 1.14. The largest absolute Gasteiger partial charge is 0.148 e. The SMILES string of the molecule is BrCC(CBr)(Cc1sccc1Br)C1CCCC1. The molecule has 1 saturated carbocycles. The van der Waals surface area contributed by atoms with E-state index in [-0.39, 0.29) is 0 Å². The smallest absolute Gasteiger partial charge is 0.0314 e. The first-order chi connectivity index (χ1) is 8.22. The van der Waals surface area contributed by atoms with Crippen molar-refractivity contribution in [1.29, 1.82) is 0 Å². The first kappa shape index (κ1) is 14.5. The van der Waals surface area contributed by atoms with Crippen LogP contribution in [0.2, 0.25) is 0 Å². The molecule has 1 aromatic rings. The Balaban J connectivity index is 2.18. The molecule has 0 nitrogen and oxygen atoms in total. The van der Waals surface area contributed by atoms with Crippen LogP contribution in [0.15, 0.2) is 15.9 Å². The summed E-state index contributed by atoms with van der Waals surface area (Å²) in [6.45, 7) is 0. The summed E-state index contributed by atoms with van der Waals surface area (Å²) >= 11 is 13.1. The van der Waals surface area contributed by atoms with E-state index in [9.17, 15) is 0 Å². The maximum Gasteiger partial charge on any atom is 0.0314 e. The third kappa shape index (κ3) is 3.18. The predicted octanol–water partition coefficient (Wildman–Crippen LogP) is 6.02. The molecule has 1 aromatic heterocycles. The lowest BCUT2D eigenvalue weighted by Crippen LogP contribution is -2.35. The Morgan fingerprint density at radius 3 is 2.35 bits per heavy atom. The normalized spacial score (nSPS) is 17.8. The first-order valence-electron chi connectivity index (χ1n) is 6.05. The molecule has 0 aromatic carbocycles. The Morgan fingerprint density at radius 1 is 1.24 bits per heavy atom. The van der Waals surface area contributed by atoms with E-state index in [1.165, 1.54) is 41.5 Å². The summed E-state index contributed by atoms with van der Waals surface area (Å²) in [5.74, 6) is 0.871. The van der Waals surface area contributed by atoms with Crippen molar-refractivity contribution in [3.05, 3.63) is 20.8 Å². The Bertz CT molecular complexity index is 351. The van der Waals surface area contributed by atoms with Gasteiger partial charge in [-0.3, -0.25) is 0 Å². The van der Waals surface area contributed by atoms with Gasteiger partial charge in [0.25, 0.3) is 0 Å². The van der Waals surface area contributed by atoms with E-state index in [4.69, 9.17) is 0 Å². The van der Waals surface area contributed by atoms with Crippen molar-refractivity contribution >= 4 is 59.1 Å². The van der Waals surface area contributed by atoms with E-state index >= 15 is 0 Å². The highest BCUT2D eigenvalue weighted by Gasteiger charge is 2.39. The van der Waals surface area contributed by atoms with E-state index in [0.717, 1.165) is 16.6 Å². The first-order valence-corrected chi connectivity index (χ1v) is 9.97. The van der Waals surface area contributed by atoms with Crippen LogP contribution >= 0.6 is 59.1 Å². The van der Waals surface area contributed by atoms with Gasteiger partial charge < -0.3 is 0 Å². The molecule has 1 aliphatic carbocycles. The second kappa shape index (κ2) is 6.53. The molecule has 0 bridgehead atoms. The van der Waals surface area contributed by atoms with Crippen LogP contribution in [-0.2, 0) is 6.42 Å². The fourth-order valence-corrected chi connectivity index (χ4v) is 6.69. The molecule has 2 rings (SSSR count). The second-order valence-electron chi connectivity index (χ2n) is 4.98. The van der Waals surface area contributed by atoms with Gasteiger partial charge in [-0.2, -0.15) is 0 Å². The number of halogens is 3. The fourth-order valence-electron chi connectivity index (χ4n) is 2.80. The molecule has 0 unspecified atom stereocenters. The number of rotatable bonds is 5. The highest BCUT2D eigenvalue weighted by Crippen LogP contribution is 2.46. The number of hydrogen-bond acceptors (Lipinski definition) is 1. The van der Waals surface area contributed by atoms with Gasteiger partial charge in [-0.1, -0.05) is 44.7 Å². The van der Waals surface area contributed by atoms with Crippen LogP contribution in [0.4, 0.5) is 0 Å². The van der Waals surface area contributed by atoms with Crippen molar-refractivity contribution in [2.45, 2.75) is 32.1 Å². The van der Waals surface area contributed by atoms with Gasteiger partial charge in [-0.25, -0.2) is 0 Å². The monoisotopic (exact) mass is 442 g/mol. The van der Waals surface area contributed by atoms with Crippen LogP contribution in [0.3, 0.4) is 0 Å². The summed E-state index contributed by atoms with van der Waals surface area (Å²) in [6, 6.07) is 2.17. The zero-order chi connectivity index (χ0) is 12.3. The van der Waals surface area contributed by atoms with Gasteiger partial charge in [-0.15, -0.1) is 11.3 Å². The zero-order valence-corrected chi connectivity index (χ0v) is 15.3. The minimum atomic E-state index is 0.393. The average Bonchev–Trinajstić information content (AvgIpc) is 2.98. The lowest BCUT2D eigenvalue weighted by Gasteiger charge is -2.36. The standard InChI is InChI=1S/C13H17Br3S/c14-8-13(9-15,10-3-1-2-4-10)7-12-11(16)5-6-17-12/h5-6,10H,1-4,7-9H2. The van der Waals surface area contributed by atoms with Crippen molar-refractivity contribution in [3.63, 3.8) is 0 Å². The zero-order valence-electron chi connectivity index (χ0n) is 9.72. The van der Waals surface area contributed by atoms with Gasteiger partial charge in [0.2, 0.25) is 0 Å². The van der Waals surface area contributed by atoms with Crippen molar-refractivity contribution in [2.75, 3.05) is 10.7 Å². The van der Waals surface area contributed by atoms with Crippen LogP contribution in [0.5, 0.6) is 0 Å². The fraction of sp³-hybridized carbons (Fsp3) is 0.692. The summed E-state index contributed by atoms with van der Waals surface area (Å²) in [6.07, 6.45) is 6.82.